The molecule has 32 heavy (non-hydrogen) atoms. The first-order valence-corrected chi connectivity index (χ1v) is 10.7. The number of aromatic nitrogens is 3. The molecular weight excluding hydrogens is 400 g/mol. The molecule has 7 nitrogen and oxygen atoms in total. The van der Waals surface area contributed by atoms with Crippen LogP contribution in [-0.2, 0) is 4.79 Å². The van der Waals surface area contributed by atoms with Crippen molar-refractivity contribution in [2.24, 2.45) is 5.92 Å². The number of para-hydroxylation sites is 1. The smallest absolute Gasteiger partial charge is 0.229 e. The third-order valence-corrected chi connectivity index (χ3v) is 5.94. The molecule has 5 rings (SSSR count). The van der Waals surface area contributed by atoms with Crippen LogP contribution in [0.15, 0.2) is 67.0 Å². The zero-order chi connectivity index (χ0) is 21.9. The fourth-order valence-electron chi connectivity index (χ4n) is 4.32. The monoisotopic (exact) mass is 422 g/mol. The van der Waals surface area contributed by atoms with E-state index >= 15 is 0 Å². The Morgan fingerprint density at radius 2 is 2.00 bits per heavy atom. The molecule has 1 amide bonds. The van der Waals surface area contributed by atoms with Gasteiger partial charge in [0, 0.05) is 42.1 Å². The first kappa shape index (κ1) is 19.8. The Morgan fingerprint density at radius 3 is 2.84 bits per heavy atom. The summed E-state index contributed by atoms with van der Waals surface area (Å²) >= 11 is 0. The van der Waals surface area contributed by atoms with E-state index in [1.807, 2.05) is 54.6 Å². The normalized spacial score (nSPS) is 16.0. The standard InChI is InChI=1S/C25H22N6O/c26-15-18-4-1-2-6-23(18)31-13-3-5-19(16-31)25(32)28-20-7-8-22-21(14-20)24(30-29-22)17-9-11-27-12-10-17/h1-2,4,6-12,14,19H,3,5,13,16H2,(H,28,32)(H,29,30). The highest BCUT2D eigenvalue weighted by molar-refractivity contribution is 5.99. The van der Waals surface area contributed by atoms with E-state index in [0.29, 0.717) is 12.1 Å². The van der Waals surface area contributed by atoms with Crippen molar-refractivity contribution in [3.63, 3.8) is 0 Å². The van der Waals surface area contributed by atoms with Crippen molar-refractivity contribution < 1.29 is 4.79 Å². The minimum Gasteiger partial charge on any atom is -0.370 e. The first-order chi connectivity index (χ1) is 15.7. The lowest BCUT2D eigenvalue weighted by Gasteiger charge is -2.34. The molecule has 2 aromatic carbocycles. The van der Waals surface area contributed by atoms with Gasteiger partial charge in [0.25, 0.3) is 0 Å². The summed E-state index contributed by atoms with van der Waals surface area (Å²) in [6.07, 6.45) is 5.21. The molecule has 0 radical (unpaired) electrons. The van der Waals surface area contributed by atoms with E-state index in [9.17, 15) is 10.1 Å². The average molecular weight is 422 g/mol. The predicted octanol–water partition coefficient (Wildman–Crippen LogP) is 4.35. The maximum Gasteiger partial charge on any atom is 0.229 e. The molecule has 2 N–H and O–H groups in total. The second-order valence-electron chi connectivity index (χ2n) is 7.97. The number of nitrogens with one attached hydrogen (secondary N) is 2. The van der Waals surface area contributed by atoms with Gasteiger partial charge in [-0.2, -0.15) is 10.4 Å². The molecular formula is C25H22N6O. The van der Waals surface area contributed by atoms with Gasteiger partial charge in [0.05, 0.1) is 22.7 Å². The number of anilines is 2. The van der Waals surface area contributed by atoms with E-state index in [0.717, 1.165) is 52.9 Å². The van der Waals surface area contributed by atoms with Crippen LogP contribution in [0.2, 0.25) is 0 Å². The first-order valence-electron chi connectivity index (χ1n) is 10.7. The van der Waals surface area contributed by atoms with Gasteiger partial charge >= 0.3 is 0 Å². The number of aromatic amines is 1. The Labute approximate surface area is 185 Å². The summed E-state index contributed by atoms with van der Waals surface area (Å²) in [5.74, 6) is -0.146. The average Bonchev–Trinajstić information content (AvgIpc) is 3.28. The van der Waals surface area contributed by atoms with E-state index in [4.69, 9.17) is 0 Å². The van der Waals surface area contributed by atoms with Gasteiger partial charge in [-0.05, 0) is 55.3 Å². The Hall–Kier alpha value is -4.18. The van der Waals surface area contributed by atoms with Crippen LogP contribution in [-0.4, -0.2) is 34.2 Å². The summed E-state index contributed by atoms with van der Waals surface area (Å²) in [5, 5.41) is 20.9. The molecule has 4 aromatic rings. The summed E-state index contributed by atoms with van der Waals surface area (Å²) < 4.78 is 0. The van der Waals surface area contributed by atoms with Crippen LogP contribution in [0.25, 0.3) is 22.2 Å². The second kappa shape index (κ2) is 8.52. The van der Waals surface area contributed by atoms with Crippen molar-refractivity contribution in [1.82, 2.24) is 15.2 Å². The van der Waals surface area contributed by atoms with E-state index in [-0.39, 0.29) is 11.8 Å². The van der Waals surface area contributed by atoms with Crippen LogP contribution in [0.1, 0.15) is 18.4 Å². The number of pyridine rings is 1. The lowest BCUT2D eigenvalue weighted by molar-refractivity contribution is -0.120. The minimum atomic E-state index is -0.143. The van der Waals surface area contributed by atoms with E-state index in [1.54, 1.807) is 12.4 Å². The number of H-pyrrole nitrogens is 1. The van der Waals surface area contributed by atoms with Crippen LogP contribution >= 0.6 is 0 Å². The fourth-order valence-corrected chi connectivity index (χ4v) is 4.32. The zero-order valence-corrected chi connectivity index (χ0v) is 17.5. The van der Waals surface area contributed by atoms with Crippen molar-refractivity contribution in [2.45, 2.75) is 12.8 Å². The number of carbonyl (C=O) groups is 1. The number of rotatable bonds is 4. The molecule has 3 heterocycles. The molecule has 0 saturated carbocycles. The molecule has 158 valence electrons. The Bertz CT molecular complexity index is 1310. The SMILES string of the molecule is N#Cc1ccccc1N1CCCC(C(=O)Nc2ccc3[nH]nc(-c4ccncc4)c3c2)C1. The van der Waals surface area contributed by atoms with Crippen LogP contribution in [0, 0.1) is 17.2 Å². The van der Waals surface area contributed by atoms with E-state index in [2.05, 4.69) is 31.5 Å². The number of nitriles is 1. The van der Waals surface area contributed by atoms with Crippen molar-refractivity contribution in [1.29, 1.82) is 5.26 Å². The quantitative estimate of drug-likeness (QED) is 0.509. The van der Waals surface area contributed by atoms with Crippen LogP contribution < -0.4 is 10.2 Å². The Balaban J connectivity index is 1.35. The van der Waals surface area contributed by atoms with Gasteiger partial charge in [-0.1, -0.05) is 12.1 Å². The molecule has 1 saturated heterocycles. The van der Waals surface area contributed by atoms with Gasteiger partial charge in [-0.15, -0.1) is 0 Å². The molecule has 1 unspecified atom stereocenters. The van der Waals surface area contributed by atoms with Crippen LogP contribution in [0.5, 0.6) is 0 Å². The van der Waals surface area contributed by atoms with E-state index < -0.39 is 0 Å². The Morgan fingerprint density at radius 1 is 1.16 bits per heavy atom. The van der Waals surface area contributed by atoms with Crippen molar-refractivity contribution in [3.05, 3.63) is 72.6 Å². The highest BCUT2D eigenvalue weighted by Gasteiger charge is 2.27. The maximum absolute atomic E-state index is 13.1. The number of benzene rings is 2. The molecule has 1 aliphatic heterocycles. The molecule has 0 spiro atoms. The topological polar surface area (TPSA) is 97.7 Å². The number of carbonyl (C=O) groups excluding carboxylic acids is 1. The molecule has 0 aliphatic carbocycles. The van der Waals surface area contributed by atoms with Crippen molar-refractivity contribution in [3.8, 4) is 17.3 Å². The molecule has 1 atom stereocenters. The minimum absolute atomic E-state index is 0.00237. The summed E-state index contributed by atoms with van der Waals surface area (Å²) in [7, 11) is 0. The van der Waals surface area contributed by atoms with Gasteiger partial charge in [-0.25, -0.2) is 0 Å². The number of amides is 1. The van der Waals surface area contributed by atoms with Gasteiger partial charge in [-0.3, -0.25) is 14.9 Å². The highest BCUT2D eigenvalue weighted by Crippen LogP contribution is 2.30. The number of piperidine rings is 1. The Kier molecular flexibility index (Phi) is 5.26. The number of hydrogen-bond acceptors (Lipinski definition) is 5. The van der Waals surface area contributed by atoms with Gasteiger partial charge < -0.3 is 10.2 Å². The summed E-state index contributed by atoms with van der Waals surface area (Å²) in [6.45, 7) is 1.44. The van der Waals surface area contributed by atoms with Crippen LogP contribution in [0.3, 0.4) is 0 Å². The van der Waals surface area contributed by atoms with Gasteiger partial charge in [0.2, 0.25) is 5.91 Å². The van der Waals surface area contributed by atoms with Gasteiger partial charge in [0.1, 0.15) is 11.8 Å². The predicted molar refractivity (Wildman–Crippen MR) is 124 cm³/mol. The lowest BCUT2D eigenvalue weighted by Crippen LogP contribution is -2.41. The van der Waals surface area contributed by atoms with Gasteiger partial charge in [0.15, 0.2) is 0 Å². The summed E-state index contributed by atoms with van der Waals surface area (Å²) in [5.41, 5.74) is 4.99. The van der Waals surface area contributed by atoms with E-state index in [1.165, 1.54) is 0 Å². The fraction of sp³-hybridized carbons (Fsp3) is 0.200. The summed E-state index contributed by atoms with van der Waals surface area (Å²) in [6, 6.07) is 19.4. The second-order valence-corrected chi connectivity index (χ2v) is 7.97. The molecule has 7 heteroatoms. The van der Waals surface area contributed by atoms with Crippen molar-refractivity contribution in [2.75, 3.05) is 23.3 Å². The number of hydrogen-bond donors (Lipinski definition) is 2. The molecule has 0 bridgehead atoms. The lowest BCUT2D eigenvalue weighted by atomic mass is 9.96. The largest absolute Gasteiger partial charge is 0.370 e. The van der Waals surface area contributed by atoms with Crippen molar-refractivity contribution >= 4 is 28.2 Å². The third kappa shape index (κ3) is 3.79. The third-order valence-electron chi connectivity index (χ3n) is 5.94. The number of nitrogens with zero attached hydrogens (tertiary/aromatic N) is 4. The zero-order valence-electron chi connectivity index (χ0n) is 17.5. The highest BCUT2D eigenvalue weighted by atomic mass is 16.1. The molecule has 2 aromatic heterocycles. The molecule has 1 aliphatic rings. The molecule has 1 fully saturated rings. The number of fused-ring (bicyclic) bond motifs is 1. The maximum atomic E-state index is 13.1. The summed E-state index contributed by atoms with van der Waals surface area (Å²) in [4.78, 5) is 19.3. The van der Waals surface area contributed by atoms with Crippen LogP contribution in [0.4, 0.5) is 11.4 Å².